The number of hydrogen-bond donors (Lipinski definition) is 0. The smallest absolute Gasteiger partial charge is 0.296 e. The Labute approximate surface area is 193 Å². The molecule has 8 heteroatoms. The summed E-state index contributed by atoms with van der Waals surface area (Å²) in [6.07, 6.45) is 1.70. The van der Waals surface area contributed by atoms with Gasteiger partial charge in [-0.05, 0) is 43.3 Å². The molecule has 1 amide bonds. The number of carbonyl (C=O) groups is 1. The summed E-state index contributed by atoms with van der Waals surface area (Å²) in [5.41, 5.74) is 1.94. The predicted octanol–water partition coefficient (Wildman–Crippen LogP) is 6.34. The van der Waals surface area contributed by atoms with Crippen LogP contribution < -0.4 is 9.64 Å². The van der Waals surface area contributed by atoms with Gasteiger partial charge >= 0.3 is 0 Å². The van der Waals surface area contributed by atoms with Gasteiger partial charge < -0.3 is 9.15 Å². The van der Waals surface area contributed by atoms with Gasteiger partial charge in [-0.15, -0.1) is 0 Å². The van der Waals surface area contributed by atoms with Crippen LogP contribution in [-0.2, 0) is 6.54 Å². The highest BCUT2D eigenvalue weighted by Crippen LogP contribution is 2.35. The number of benzene rings is 2. The van der Waals surface area contributed by atoms with E-state index in [-0.39, 0.29) is 18.2 Å². The van der Waals surface area contributed by atoms with E-state index in [1.165, 1.54) is 11.3 Å². The highest BCUT2D eigenvalue weighted by Gasteiger charge is 2.26. The number of rotatable bonds is 6. The van der Waals surface area contributed by atoms with E-state index in [0.29, 0.717) is 33.6 Å². The monoisotopic (exact) mass is 463 g/mol. The number of para-hydroxylation sites is 2. The lowest BCUT2D eigenvalue weighted by Gasteiger charge is -2.18. The number of anilines is 1. The summed E-state index contributed by atoms with van der Waals surface area (Å²) in [5, 5.41) is 1.86. The highest BCUT2D eigenvalue weighted by atomic mass is 35.5. The summed E-state index contributed by atoms with van der Waals surface area (Å²) in [7, 11) is 0. The Kier molecular flexibility index (Phi) is 5.51. The van der Waals surface area contributed by atoms with Gasteiger partial charge in [-0.1, -0.05) is 47.2 Å². The van der Waals surface area contributed by atoms with Crippen molar-refractivity contribution in [2.24, 2.45) is 0 Å². The zero-order chi connectivity index (χ0) is 22.1. The minimum absolute atomic E-state index is 0.202. The van der Waals surface area contributed by atoms with Crippen molar-refractivity contribution in [1.29, 1.82) is 0 Å². The minimum Gasteiger partial charge on any atom is -0.490 e. The van der Waals surface area contributed by atoms with Crippen LogP contribution in [0, 0.1) is 0 Å². The zero-order valence-electron chi connectivity index (χ0n) is 17.1. The SMILES string of the molecule is CCOc1cccc2cc(C(=O)N(Cc3ccccn3)c3nc4c(Cl)cccc4s3)oc12. The lowest BCUT2D eigenvalue weighted by molar-refractivity contribution is 0.0960. The van der Waals surface area contributed by atoms with E-state index in [2.05, 4.69) is 9.97 Å². The number of halogens is 1. The van der Waals surface area contributed by atoms with E-state index < -0.39 is 0 Å². The van der Waals surface area contributed by atoms with Gasteiger partial charge in [0.1, 0.15) is 5.52 Å². The Bertz CT molecular complexity index is 1410. The zero-order valence-corrected chi connectivity index (χ0v) is 18.7. The molecule has 0 saturated carbocycles. The molecule has 0 saturated heterocycles. The summed E-state index contributed by atoms with van der Waals surface area (Å²) in [5.74, 6) is 0.491. The van der Waals surface area contributed by atoms with E-state index in [0.717, 1.165) is 15.8 Å². The topological polar surface area (TPSA) is 68.5 Å². The third-order valence-electron chi connectivity index (χ3n) is 4.90. The summed E-state index contributed by atoms with van der Waals surface area (Å²) in [6, 6.07) is 18.5. The highest BCUT2D eigenvalue weighted by molar-refractivity contribution is 7.22. The van der Waals surface area contributed by atoms with Gasteiger partial charge in [-0.25, -0.2) is 4.98 Å². The van der Waals surface area contributed by atoms with Gasteiger partial charge in [0.15, 0.2) is 22.2 Å². The molecule has 2 aromatic carbocycles. The van der Waals surface area contributed by atoms with Crippen molar-refractivity contribution < 1.29 is 13.9 Å². The van der Waals surface area contributed by atoms with Gasteiger partial charge in [-0.2, -0.15) is 0 Å². The summed E-state index contributed by atoms with van der Waals surface area (Å²) >= 11 is 7.72. The van der Waals surface area contributed by atoms with Crippen LogP contribution in [0.3, 0.4) is 0 Å². The number of amides is 1. The molecular weight excluding hydrogens is 446 g/mol. The van der Waals surface area contributed by atoms with Crippen molar-refractivity contribution in [3.8, 4) is 5.75 Å². The lowest BCUT2D eigenvalue weighted by Crippen LogP contribution is -2.30. The van der Waals surface area contributed by atoms with E-state index in [4.69, 9.17) is 20.8 Å². The van der Waals surface area contributed by atoms with Crippen LogP contribution in [0.1, 0.15) is 23.2 Å². The molecule has 0 bridgehead atoms. The summed E-state index contributed by atoms with van der Waals surface area (Å²) in [4.78, 5) is 24.3. The minimum atomic E-state index is -0.315. The van der Waals surface area contributed by atoms with Crippen molar-refractivity contribution in [2.75, 3.05) is 11.5 Å². The van der Waals surface area contributed by atoms with Gasteiger partial charge in [0.25, 0.3) is 5.91 Å². The van der Waals surface area contributed by atoms with Crippen LogP contribution in [0.15, 0.2) is 71.3 Å². The van der Waals surface area contributed by atoms with Crippen LogP contribution in [0.5, 0.6) is 5.75 Å². The first kappa shape index (κ1) is 20.5. The Balaban J connectivity index is 1.59. The number of pyridine rings is 1. The molecule has 0 spiro atoms. The molecular formula is C24H18ClN3O3S. The molecule has 5 aromatic rings. The van der Waals surface area contributed by atoms with E-state index >= 15 is 0 Å². The first-order valence-corrected chi connectivity index (χ1v) is 11.3. The Morgan fingerprint density at radius 1 is 1.16 bits per heavy atom. The van der Waals surface area contributed by atoms with Crippen LogP contribution in [0.25, 0.3) is 21.2 Å². The third-order valence-corrected chi connectivity index (χ3v) is 6.25. The van der Waals surface area contributed by atoms with Gasteiger partial charge in [0, 0.05) is 11.6 Å². The van der Waals surface area contributed by atoms with Gasteiger partial charge in [0.2, 0.25) is 0 Å². The van der Waals surface area contributed by atoms with Gasteiger partial charge in [0.05, 0.1) is 28.6 Å². The molecule has 5 rings (SSSR count). The molecule has 3 heterocycles. The summed E-state index contributed by atoms with van der Waals surface area (Å²) < 4.78 is 12.5. The van der Waals surface area contributed by atoms with Crippen molar-refractivity contribution in [2.45, 2.75) is 13.5 Å². The largest absolute Gasteiger partial charge is 0.490 e. The van der Waals surface area contributed by atoms with Crippen LogP contribution in [0.4, 0.5) is 5.13 Å². The molecule has 0 N–H and O–H groups in total. The summed E-state index contributed by atoms with van der Waals surface area (Å²) in [6.45, 7) is 2.65. The fourth-order valence-corrected chi connectivity index (χ4v) is 4.71. The van der Waals surface area contributed by atoms with Crippen LogP contribution >= 0.6 is 22.9 Å². The van der Waals surface area contributed by atoms with E-state index in [9.17, 15) is 4.79 Å². The van der Waals surface area contributed by atoms with Gasteiger partial charge in [-0.3, -0.25) is 14.7 Å². The molecule has 3 aromatic heterocycles. The number of aromatic nitrogens is 2. The number of furan rings is 1. The van der Waals surface area contributed by atoms with E-state index in [1.807, 2.05) is 55.5 Å². The third kappa shape index (κ3) is 3.81. The lowest BCUT2D eigenvalue weighted by atomic mass is 10.2. The molecule has 32 heavy (non-hydrogen) atoms. The Morgan fingerprint density at radius 2 is 2.03 bits per heavy atom. The van der Waals surface area contributed by atoms with Crippen molar-refractivity contribution in [3.05, 3.63) is 83.3 Å². The number of nitrogens with zero attached hydrogens (tertiary/aromatic N) is 3. The van der Waals surface area contributed by atoms with Crippen LogP contribution in [-0.4, -0.2) is 22.5 Å². The second-order valence-electron chi connectivity index (χ2n) is 7.01. The van der Waals surface area contributed by atoms with Crippen molar-refractivity contribution in [3.63, 3.8) is 0 Å². The van der Waals surface area contributed by atoms with Crippen molar-refractivity contribution in [1.82, 2.24) is 9.97 Å². The average molecular weight is 464 g/mol. The second-order valence-corrected chi connectivity index (χ2v) is 8.43. The number of carbonyl (C=O) groups excluding carboxylic acids is 1. The quantitative estimate of drug-likeness (QED) is 0.294. The molecule has 0 fully saturated rings. The first-order valence-electron chi connectivity index (χ1n) is 10.1. The number of thiazole rings is 1. The Morgan fingerprint density at radius 3 is 2.81 bits per heavy atom. The Hall–Kier alpha value is -3.42. The van der Waals surface area contributed by atoms with Crippen LogP contribution in [0.2, 0.25) is 5.02 Å². The molecule has 0 atom stereocenters. The maximum Gasteiger partial charge on any atom is 0.296 e. The molecule has 0 unspecified atom stereocenters. The molecule has 0 aliphatic heterocycles. The molecule has 0 aliphatic rings. The molecule has 0 radical (unpaired) electrons. The maximum absolute atomic E-state index is 13.6. The average Bonchev–Trinajstić information content (AvgIpc) is 3.44. The second kappa shape index (κ2) is 8.61. The predicted molar refractivity (Wildman–Crippen MR) is 127 cm³/mol. The molecule has 6 nitrogen and oxygen atoms in total. The molecule has 0 aliphatic carbocycles. The van der Waals surface area contributed by atoms with E-state index in [1.54, 1.807) is 23.2 Å². The standard InChI is InChI=1S/C24H18ClN3O3S/c1-2-30-18-10-5-7-15-13-19(31-22(15)18)23(29)28(14-16-8-3-4-12-26-16)24-27-21-17(25)9-6-11-20(21)32-24/h3-13H,2,14H2,1H3. The fourth-order valence-electron chi connectivity index (χ4n) is 3.44. The fraction of sp³-hybridized carbons (Fsp3) is 0.125. The molecule has 160 valence electrons. The number of hydrogen-bond acceptors (Lipinski definition) is 6. The first-order chi connectivity index (χ1) is 15.6. The number of ether oxygens (including phenoxy) is 1. The van der Waals surface area contributed by atoms with Crippen molar-refractivity contribution >= 4 is 55.2 Å². The normalized spacial score (nSPS) is 11.2. The maximum atomic E-state index is 13.6. The number of fused-ring (bicyclic) bond motifs is 2.